The van der Waals surface area contributed by atoms with Gasteiger partial charge in [-0.05, 0) is 81.5 Å². The second kappa shape index (κ2) is 10.3. The van der Waals surface area contributed by atoms with E-state index in [0.717, 1.165) is 23.7 Å². The molecule has 2 aliphatic rings. The third-order valence-corrected chi connectivity index (χ3v) is 6.18. The Bertz CT molecular complexity index is 322. The van der Waals surface area contributed by atoms with Gasteiger partial charge in [0.2, 0.25) is 0 Å². The third-order valence-electron chi connectivity index (χ3n) is 6.18. The highest BCUT2D eigenvalue weighted by molar-refractivity contribution is 4.93. The van der Waals surface area contributed by atoms with Gasteiger partial charge in [-0.3, -0.25) is 0 Å². The van der Waals surface area contributed by atoms with Gasteiger partial charge in [0.25, 0.3) is 0 Å². The van der Waals surface area contributed by atoms with Crippen LogP contribution in [-0.4, -0.2) is 0 Å². The predicted molar refractivity (Wildman–Crippen MR) is 99.0 cm³/mol. The molecule has 0 nitrogen and oxygen atoms in total. The molecule has 0 atom stereocenters. The maximum atomic E-state index is 2.51. The van der Waals surface area contributed by atoms with Crippen LogP contribution in [0.1, 0.15) is 90.9 Å². The fraction of sp³-hybridized carbons (Fsp3) is 0.818. The minimum Gasteiger partial charge on any atom is -0.0885 e. The summed E-state index contributed by atoms with van der Waals surface area (Å²) in [5.41, 5.74) is 0. The van der Waals surface area contributed by atoms with Crippen molar-refractivity contribution in [2.24, 2.45) is 23.7 Å². The SMILES string of the molecule is CCC=CC1CCC(CC=CCC2CCC(CC)CC2)CC1. The molecule has 2 aliphatic carbocycles. The van der Waals surface area contributed by atoms with Crippen LogP contribution >= 0.6 is 0 Å². The Morgan fingerprint density at radius 2 is 1.14 bits per heavy atom. The van der Waals surface area contributed by atoms with Gasteiger partial charge in [0.05, 0.1) is 0 Å². The zero-order valence-electron chi connectivity index (χ0n) is 15.1. The highest BCUT2D eigenvalue weighted by Crippen LogP contribution is 2.34. The smallest absolute Gasteiger partial charge is 0.0233 e. The van der Waals surface area contributed by atoms with Gasteiger partial charge in [-0.25, -0.2) is 0 Å². The number of rotatable bonds is 7. The molecule has 0 aromatic carbocycles. The summed E-state index contributed by atoms with van der Waals surface area (Å²) in [7, 11) is 0. The first-order valence-electron chi connectivity index (χ1n) is 10.1. The van der Waals surface area contributed by atoms with Crippen LogP contribution in [0.15, 0.2) is 24.3 Å². The normalized spacial score (nSPS) is 33.7. The summed E-state index contributed by atoms with van der Waals surface area (Å²) in [6.45, 7) is 4.60. The van der Waals surface area contributed by atoms with Crippen LogP contribution in [0.25, 0.3) is 0 Å². The van der Waals surface area contributed by atoms with E-state index in [9.17, 15) is 0 Å². The predicted octanol–water partition coefficient (Wildman–Crippen LogP) is 7.31. The number of hydrogen-bond donors (Lipinski definition) is 0. The monoisotopic (exact) mass is 302 g/mol. The van der Waals surface area contributed by atoms with Gasteiger partial charge in [0, 0.05) is 0 Å². The van der Waals surface area contributed by atoms with Crippen LogP contribution in [-0.2, 0) is 0 Å². The topological polar surface area (TPSA) is 0 Å². The Morgan fingerprint density at radius 3 is 1.64 bits per heavy atom. The number of hydrogen-bond acceptors (Lipinski definition) is 0. The minimum atomic E-state index is 0.883. The van der Waals surface area contributed by atoms with E-state index >= 15 is 0 Å². The van der Waals surface area contributed by atoms with Crippen molar-refractivity contribution in [3.05, 3.63) is 24.3 Å². The summed E-state index contributed by atoms with van der Waals surface area (Å²) in [4.78, 5) is 0. The molecule has 0 spiro atoms. The maximum absolute atomic E-state index is 2.51. The molecular weight excluding hydrogens is 264 g/mol. The van der Waals surface area contributed by atoms with Crippen molar-refractivity contribution in [2.75, 3.05) is 0 Å². The Balaban J connectivity index is 1.56. The summed E-state index contributed by atoms with van der Waals surface area (Å²) >= 11 is 0. The first-order valence-corrected chi connectivity index (χ1v) is 10.1. The summed E-state index contributed by atoms with van der Waals surface area (Å²) in [5.74, 6) is 3.89. The van der Waals surface area contributed by atoms with Crippen LogP contribution < -0.4 is 0 Å². The van der Waals surface area contributed by atoms with Gasteiger partial charge < -0.3 is 0 Å². The minimum absolute atomic E-state index is 0.883. The fourth-order valence-corrected chi connectivity index (χ4v) is 4.40. The molecule has 2 saturated carbocycles. The van der Waals surface area contributed by atoms with Crippen LogP contribution in [0, 0.1) is 23.7 Å². The lowest BCUT2D eigenvalue weighted by Gasteiger charge is -2.27. The van der Waals surface area contributed by atoms with Gasteiger partial charge >= 0.3 is 0 Å². The van der Waals surface area contributed by atoms with Crippen LogP contribution in [0.3, 0.4) is 0 Å². The van der Waals surface area contributed by atoms with Crippen LogP contribution in [0.4, 0.5) is 0 Å². The molecule has 0 unspecified atom stereocenters. The van der Waals surface area contributed by atoms with Crippen molar-refractivity contribution in [1.82, 2.24) is 0 Å². The molecule has 0 amide bonds. The van der Waals surface area contributed by atoms with Gasteiger partial charge in [-0.2, -0.15) is 0 Å². The fourth-order valence-electron chi connectivity index (χ4n) is 4.40. The first kappa shape index (κ1) is 17.8. The highest BCUT2D eigenvalue weighted by Gasteiger charge is 2.19. The average Bonchev–Trinajstić information content (AvgIpc) is 2.58. The summed E-state index contributed by atoms with van der Waals surface area (Å²) in [6, 6.07) is 0. The van der Waals surface area contributed by atoms with Crippen molar-refractivity contribution in [2.45, 2.75) is 90.9 Å². The first-order chi connectivity index (χ1) is 10.8. The quantitative estimate of drug-likeness (QED) is 0.432. The molecule has 0 N–H and O–H groups in total. The molecule has 2 fully saturated rings. The van der Waals surface area contributed by atoms with Crippen molar-refractivity contribution in [1.29, 1.82) is 0 Å². The molecule has 126 valence electrons. The van der Waals surface area contributed by atoms with E-state index in [2.05, 4.69) is 38.2 Å². The van der Waals surface area contributed by atoms with E-state index in [1.54, 1.807) is 0 Å². The van der Waals surface area contributed by atoms with E-state index < -0.39 is 0 Å². The van der Waals surface area contributed by atoms with Gasteiger partial charge in [0.15, 0.2) is 0 Å². The molecule has 0 aromatic rings. The molecule has 0 radical (unpaired) electrons. The Hall–Kier alpha value is -0.520. The van der Waals surface area contributed by atoms with Crippen molar-refractivity contribution in [3.63, 3.8) is 0 Å². The molecule has 0 saturated heterocycles. The molecular formula is C22H38. The van der Waals surface area contributed by atoms with Crippen LogP contribution in [0.2, 0.25) is 0 Å². The zero-order chi connectivity index (χ0) is 15.6. The summed E-state index contributed by atoms with van der Waals surface area (Å²) in [5, 5.41) is 0. The third kappa shape index (κ3) is 6.31. The average molecular weight is 303 g/mol. The van der Waals surface area contributed by atoms with Gasteiger partial charge in [0.1, 0.15) is 0 Å². The molecule has 0 heterocycles. The molecule has 0 aromatic heterocycles. The lowest BCUT2D eigenvalue weighted by molar-refractivity contribution is 0.270. The lowest BCUT2D eigenvalue weighted by atomic mass is 9.79. The van der Waals surface area contributed by atoms with Crippen molar-refractivity contribution < 1.29 is 0 Å². The standard InChI is InChI=1S/C22H38/c1-3-5-8-20-15-17-22(18-16-20)10-7-6-9-21-13-11-19(4-2)12-14-21/h5-8,19-22H,3-4,9-18H2,1-2H3. The number of allylic oxidation sites excluding steroid dienone is 4. The van der Waals surface area contributed by atoms with E-state index in [0.29, 0.717) is 0 Å². The van der Waals surface area contributed by atoms with E-state index in [1.807, 2.05) is 0 Å². The molecule has 0 bridgehead atoms. The zero-order valence-corrected chi connectivity index (χ0v) is 15.1. The lowest BCUT2D eigenvalue weighted by Crippen LogP contribution is -2.13. The van der Waals surface area contributed by atoms with Crippen molar-refractivity contribution >= 4 is 0 Å². The molecule has 0 heteroatoms. The molecule has 22 heavy (non-hydrogen) atoms. The van der Waals surface area contributed by atoms with Gasteiger partial charge in [-0.1, -0.05) is 57.4 Å². The van der Waals surface area contributed by atoms with E-state index in [-0.39, 0.29) is 0 Å². The Morgan fingerprint density at radius 1 is 0.636 bits per heavy atom. The maximum Gasteiger partial charge on any atom is -0.0233 e. The summed E-state index contributed by atoms with van der Waals surface area (Å²) in [6.07, 6.45) is 26.8. The van der Waals surface area contributed by atoms with E-state index in [4.69, 9.17) is 0 Å². The van der Waals surface area contributed by atoms with Crippen molar-refractivity contribution in [3.8, 4) is 0 Å². The Labute approximate surface area is 139 Å². The molecule has 0 aliphatic heterocycles. The largest absolute Gasteiger partial charge is 0.0885 e. The Kier molecular flexibility index (Phi) is 8.34. The van der Waals surface area contributed by atoms with Gasteiger partial charge in [-0.15, -0.1) is 0 Å². The molecule has 2 rings (SSSR count). The second-order valence-electron chi connectivity index (χ2n) is 7.86. The summed E-state index contributed by atoms with van der Waals surface area (Å²) < 4.78 is 0. The second-order valence-corrected chi connectivity index (χ2v) is 7.86. The highest BCUT2D eigenvalue weighted by atomic mass is 14.3. The van der Waals surface area contributed by atoms with Crippen LogP contribution in [0.5, 0.6) is 0 Å². The van der Waals surface area contributed by atoms with E-state index in [1.165, 1.54) is 77.0 Å².